The number of carbonyl (C=O) groups excluding carboxylic acids is 1. The Morgan fingerprint density at radius 1 is 1.71 bits per heavy atom. The average molecular weight is 232 g/mol. The minimum Gasteiger partial charge on any atom is -0.374 e. The molecule has 0 fully saturated rings. The van der Waals surface area contributed by atoms with Gasteiger partial charge in [0.25, 0.3) is 5.91 Å². The highest BCUT2D eigenvalue weighted by atomic mass is 32.2. The van der Waals surface area contributed by atoms with Gasteiger partial charge in [0.2, 0.25) is 10.1 Å². The molecule has 0 aromatic carbocycles. The van der Waals surface area contributed by atoms with Crippen molar-refractivity contribution in [2.75, 3.05) is 17.7 Å². The molecule has 1 aromatic rings. The highest BCUT2D eigenvalue weighted by molar-refractivity contribution is 7.98. The van der Waals surface area contributed by atoms with Gasteiger partial charge in [-0.25, -0.2) is 0 Å². The van der Waals surface area contributed by atoms with Crippen LogP contribution in [0.1, 0.15) is 16.7 Å². The highest BCUT2D eigenvalue weighted by Gasteiger charge is 2.13. The highest BCUT2D eigenvalue weighted by Crippen LogP contribution is 2.10. The van der Waals surface area contributed by atoms with Crippen LogP contribution in [-0.4, -0.2) is 34.2 Å². The molecule has 5 nitrogen and oxygen atoms in total. The average Bonchev–Trinajstić information content (AvgIpc) is 2.52. The molecule has 0 bridgehead atoms. The van der Waals surface area contributed by atoms with Crippen LogP contribution in [0.25, 0.3) is 0 Å². The molecule has 78 valence electrons. The molecule has 1 unspecified atom stereocenters. The number of nitrogens with zero attached hydrogens (tertiary/aromatic N) is 2. The number of anilines is 1. The molecule has 1 atom stereocenters. The quantitative estimate of drug-likeness (QED) is 0.794. The first-order valence-electron chi connectivity index (χ1n) is 4.02. The summed E-state index contributed by atoms with van der Waals surface area (Å²) >= 11 is 2.77. The van der Waals surface area contributed by atoms with Gasteiger partial charge in [-0.2, -0.15) is 11.8 Å². The molecule has 1 aromatic heterocycles. The summed E-state index contributed by atoms with van der Waals surface area (Å²) < 4.78 is 0. The summed E-state index contributed by atoms with van der Waals surface area (Å²) in [6.45, 7) is 1.94. The van der Waals surface area contributed by atoms with Crippen LogP contribution in [0, 0.1) is 0 Å². The van der Waals surface area contributed by atoms with Crippen molar-refractivity contribution in [3.05, 3.63) is 5.01 Å². The number of carbonyl (C=O) groups is 1. The number of nitrogen functional groups attached to an aromatic ring is 1. The van der Waals surface area contributed by atoms with Gasteiger partial charge in [-0.3, -0.25) is 4.79 Å². The molecule has 0 aliphatic carbocycles. The van der Waals surface area contributed by atoms with Crippen molar-refractivity contribution in [2.24, 2.45) is 0 Å². The smallest absolute Gasteiger partial charge is 0.282 e. The lowest BCUT2D eigenvalue weighted by atomic mass is 10.4. The van der Waals surface area contributed by atoms with Crippen molar-refractivity contribution in [1.29, 1.82) is 0 Å². The monoisotopic (exact) mass is 232 g/mol. The summed E-state index contributed by atoms with van der Waals surface area (Å²) in [5.74, 6) is 0.667. The van der Waals surface area contributed by atoms with Gasteiger partial charge >= 0.3 is 0 Å². The molecule has 1 amide bonds. The molecule has 0 saturated heterocycles. The van der Waals surface area contributed by atoms with Crippen molar-refractivity contribution >= 4 is 34.1 Å². The summed E-state index contributed by atoms with van der Waals surface area (Å²) in [6.07, 6.45) is 1.99. The van der Waals surface area contributed by atoms with Crippen molar-refractivity contribution in [3.63, 3.8) is 0 Å². The van der Waals surface area contributed by atoms with Gasteiger partial charge < -0.3 is 11.1 Å². The Balaban J connectivity index is 2.50. The third kappa shape index (κ3) is 3.15. The van der Waals surface area contributed by atoms with E-state index in [0.717, 1.165) is 17.1 Å². The summed E-state index contributed by atoms with van der Waals surface area (Å²) in [5.41, 5.74) is 5.37. The zero-order valence-electron chi connectivity index (χ0n) is 7.98. The molecule has 1 rings (SSSR count). The van der Waals surface area contributed by atoms with Crippen LogP contribution in [0.2, 0.25) is 0 Å². The van der Waals surface area contributed by atoms with E-state index in [1.165, 1.54) is 0 Å². The second-order valence-corrected chi connectivity index (χ2v) is 4.70. The van der Waals surface area contributed by atoms with Gasteiger partial charge in [-0.05, 0) is 13.2 Å². The summed E-state index contributed by atoms with van der Waals surface area (Å²) in [7, 11) is 0. The maximum absolute atomic E-state index is 11.5. The lowest BCUT2D eigenvalue weighted by molar-refractivity contribution is 0.0942. The molecular formula is C7H12N4OS2. The van der Waals surface area contributed by atoms with Crippen LogP contribution >= 0.6 is 23.1 Å². The Kier molecular flexibility index (Phi) is 4.15. The Labute approximate surface area is 90.5 Å². The molecule has 1 heterocycles. The first-order valence-corrected chi connectivity index (χ1v) is 6.23. The predicted molar refractivity (Wildman–Crippen MR) is 59.6 cm³/mol. The predicted octanol–water partition coefficient (Wildman–Crippen LogP) is 0.602. The number of hydrogen-bond acceptors (Lipinski definition) is 6. The fourth-order valence-corrected chi connectivity index (χ4v) is 2.00. The van der Waals surface area contributed by atoms with E-state index < -0.39 is 0 Å². The molecule has 0 spiro atoms. The number of amides is 1. The van der Waals surface area contributed by atoms with Crippen molar-refractivity contribution in [3.8, 4) is 0 Å². The van der Waals surface area contributed by atoms with Crippen LogP contribution < -0.4 is 11.1 Å². The number of hydrogen-bond donors (Lipinski definition) is 2. The largest absolute Gasteiger partial charge is 0.374 e. The fourth-order valence-electron chi connectivity index (χ4n) is 0.904. The first kappa shape index (κ1) is 11.3. The van der Waals surface area contributed by atoms with E-state index in [4.69, 9.17) is 5.73 Å². The summed E-state index contributed by atoms with van der Waals surface area (Å²) in [5, 5.41) is 10.7. The van der Waals surface area contributed by atoms with Crippen LogP contribution in [-0.2, 0) is 0 Å². The first-order chi connectivity index (χ1) is 6.63. The minimum atomic E-state index is -0.208. The SMILES string of the molecule is CSCC(C)NC(=O)c1nnc(N)s1. The van der Waals surface area contributed by atoms with Crippen LogP contribution in [0.5, 0.6) is 0 Å². The Bertz CT molecular complexity index is 314. The second kappa shape index (κ2) is 5.16. The summed E-state index contributed by atoms with van der Waals surface area (Å²) in [4.78, 5) is 11.5. The van der Waals surface area contributed by atoms with E-state index in [-0.39, 0.29) is 11.9 Å². The maximum atomic E-state index is 11.5. The van der Waals surface area contributed by atoms with Crippen LogP contribution in [0.15, 0.2) is 0 Å². The van der Waals surface area contributed by atoms with Gasteiger partial charge in [0.1, 0.15) is 0 Å². The van der Waals surface area contributed by atoms with E-state index in [1.807, 2.05) is 13.2 Å². The number of nitrogens with two attached hydrogens (primary N) is 1. The van der Waals surface area contributed by atoms with Crippen LogP contribution in [0.3, 0.4) is 0 Å². The molecule has 7 heteroatoms. The van der Waals surface area contributed by atoms with Crippen molar-refractivity contribution in [1.82, 2.24) is 15.5 Å². The van der Waals surface area contributed by atoms with Gasteiger partial charge in [0.15, 0.2) is 0 Å². The van der Waals surface area contributed by atoms with Gasteiger partial charge in [0.05, 0.1) is 0 Å². The Hall–Kier alpha value is -0.820. The van der Waals surface area contributed by atoms with Crippen LogP contribution in [0.4, 0.5) is 5.13 Å². The third-order valence-corrected chi connectivity index (χ3v) is 3.01. The normalized spacial score (nSPS) is 12.4. The number of nitrogens with one attached hydrogen (secondary N) is 1. The van der Waals surface area contributed by atoms with Crippen molar-refractivity contribution in [2.45, 2.75) is 13.0 Å². The number of thioether (sulfide) groups is 1. The van der Waals surface area contributed by atoms with E-state index in [9.17, 15) is 4.79 Å². The minimum absolute atomic E-state index is 0.127. The lowest BCUT2D eigenvalue weighted by Gasteiger charge is -2.10. The third-order valence-electron chi connectivity index (χ3n) is 1.43. The van der Waals surface area contributed by atoms with Gasteiger partial charge in [-0.15, -0.1) is 10.2 Å². The zero-order chi connectivity index (χ0) is 10.6. The molecule has 0 radical (unpaired) electrons. The summed E-state index contributed by atoms with van der Waals surface area (Å²) in [6, 6.07) is 0.127. The molecule has 0 aliphatic rings. The van der Waals surface area contributed by atoms with Gasteiger partial charge in [0, 0.05) is 11.8 Å². The fraction of sp³-hybridized carbons (Fsp3) is 0.571. The van der Waals surface area contributed by atoms with E-state index >= 15 is 0 Å². The Morgan fingerprint density at radius 2 is 2.43 bits per heavy atom. The Morgan fingerprint density at radius 3 is 2.93 bits per heavy atom. The zero-order valence-corrected chi connectivity index (χ0v) is 9.61. The van der Waals surface area contributed by atoms with Gasteiger partial charge in [-0.1, -0.05) is 11.3 Å². The van der Waals surface area contributed by atoms with E-state index in [1.54, 1.807) is 11.8 Å². The second-order valence-electron chi connectivity index (χ2n) is 2.78. The standard InChI is InChI=1S/C7H12N4OS2/c1-4(3-13-2)9-5(12)6-10-11-7(8)14-6/h4H,3H2,1-2H3,(H2,8,11)(H,9,12). The molecule has 14 heavy (non-hydrogen) atoms. The molecule has 3 N–H and O–H groups in total. The maximum Gasteiger partial charge on any atom is 0.282 e. The number of aromatic nitrogens is 2. The topological polar surface area (TPSA) is 80.9 Å². The van der Waals surface area contributed by atoms with Crippen molar-refractivity contribution < 1.29 is 4.79 Å². The van der Waals surface area contributed by atoms with E-state index in [2.05, 4.69) is 15.5 Å². The molecular weight excluding hydrogens is 220 g/mol. The van der Waals surface area contributed by atoms with E-state index in [0.29, 0.717) is 10.1 Å². The number of rotatable bonds is 4. The molecule has 0 saturated carbocycles. The lowest BCUT2D eigenvalue weighted by Crippen LogP contribution is -2.34. The molecule has 0 aliphatic heterocycles.